The number of imidazole rings is 1. The quantitative estimate of drug-likeness (QED) is 0.793. The number of rotatable bonds is 8. The molecule has 0 saturated heterocycles. The summed E-state index contributed by atoms with van der Waals surface area (Å²) in [5, 5.41) is 6.62. The van der Waals surface area contributed by atoms with Crippen LogP contribution < -0.4 is 10.1 Å². The van der Waals surface area contributed by atoms with E-state index in [0.717, 1.165) is 5.82 Å². The van der Waals surface area contributed by atoms with Gasteiger partial charge in [0.2, 0.25) is 5.91 Å². The number of aromatic nitrogens is 3. The van der Waals surface area contributed by atoms with Gasteiger partial charge < -0.3 is 19.1 Å². The van der Waals surface area contributed by atoms with Crippen LogP contribution in [-0.2, 0) is 17.8 Å². The van der Waals surface area contributed by atoms with Gasteiger partial charge in [0.1, 0.15) is 11.6 Å². The summed E-state index contributed by atoms with van der Waals surface area (Å²) in [6.07, 6.45) is 4.52. The molecule has 2 aromatic heterocycles. The van der Waals surface area contributed by atoms with E-state index in [9.17, 15) is 4.79 Å². The number of amides is 1. The lowest BCUT2D eigenvalue weighted by Gasteiger charge is -2.06. The summed E-state index contributed by atoms with van der Waals surface area (Å²) >= 11 is 0. The molecular formula is C14H20N4O3. The first-order valence-electron chi connectivity index (χ1n) is 7.02. The van der Waals surface area contributed by atoms with Crippen molar-refractivity contribution in [3.63, 3.8) is 0 Å². The minimum absolute atomic E-state index is 0.0119. The molecule has 0 saturated carbocycles. The molecule has 0 fully saturated rings. The molecular weight excluding hydrogens is 272 g/mol. The van der Waals surface area contributed by atoms with Gasteiger partial charge in [0.05, 0.1) is 6.61 Å². The Morgan fingerprint density at radius 3 is 3.10 bits per heavy atom. The Balaban J connectivity index is 1.66. The fourth-order valence-corrected chi connectivity index (χ4v) is 1.91. The largest absolute Gasteiger partial charge is 0.476 e. The summed E-state index contributed by atoms with van der Waals surface area (Å²) in [5.74, 6) is 2.04. The van der Waals surface area contributed by atoms with Crippen molar-refractivity contribution < 1.29 is 14.1 Å². The molecule has 0 aliphatic rings. The second kappa shape index (κ2) is 7.47. The molecule has 0 aliphatic heterocycles. The molecule has 1 amide bonds. The summed E-state index contributed by atoms with van der Waals surface area (Å²) in [7, 11) is 0. The number of nitrogens with one attached hydrogen (secondary N) is 1. The second-order valence-electron chi connectivity index (χ2n) is 4.58. The Labute approximate surface area is 123 Å². The molecule has 0 aromatic carbocycles. The minimum Gasteiger partial charge on any atom is -0.476 e. The van der Waals surface area contributed by atoms with Crippen LogP contribution in [0.3, 0.4) is 0 Å². The number of ether oxygens (including phenoxy) is 1. The number of hydrogen-bond donors (Lipinski definition) is 1. The molecule has 0 atom stereocenters. The predicted octanol–water partition coefficient (Wildman–Crippen LogP) is 1.33. The average Bonchev–Trinajstić information content (AvgIpc) is 3.07. The van der Waals surface area contributed by atoms with Crippen molar-refractivity contribution in [3.05, 3.63) is 30.0 Å². The first-order chi connectivity index (χ1) is 10.2. The van der Waals surface area contributed by atoms with Gasteiger partial charge in [-0.1, -0.05) is 0 Å². The molecule has 0 bridgehead atoms. The smallest absolute Gasteiger partial charge is 0.254 e. The van der Waals surface area contributed by atoms with Crippen LogP contribution >= 0.6 is 0 Å². The lowest BCUT2D eigenvalue weighted by Crippen LogP contribution is -2.27. The second-order valence-corrected chi connectivity index (χ2v) is 4.58. The van der Waals surface area contributed by atoms with Gasteiger partial charge in [-0.3, -0.25) is 4.79 Å². The maximum absolute atomic E-state index is 11.7. The van der Waals surface area contributed by atoms with Crippen molar-refractivity contribution in [1.82, 2.24) is 20.0 Å². The zero-order valence-corrected chi connectivity index (χ0v) is 12.3. The van der Waals surface area contributed by atoms with Crippen molar-refractivity contribution >= 4 is 5.91 Å². The molecule has 7 heteroatoms. The molecule has 0 spiro atoms. The van der Waals surface area contributed by atoms with Crippen molar-refractivity contribution in [2.24, 2.45) is 0 Å². The molecule has 1 N–H and O–H groups in total. The van der Waals surface area contributed by atoms with Gasteiger partial charge in [-0.05, 0) is 19.0 Å². The number of carbonyl (C=O) groups excluding carboxylic acids is 1. The summed E-state index contributed by atoms with van der Waals surface area (Å²) in [4.78, 5) is 15.9. The van der Waals surface area contributed by atoms with E-state index in [1.165, 1.54) is 0 Å². The van der Waals surface area contributed by atoms with Crippen LogP contribution in [0, 0.1) is 6.92 Å². The highest BCUT2D eigenvalue weighted by atomic mass is 16.5. The van der Waals surface area contributed by atoms with E-state index in [2.05, 4.69) is 15.5 Å². The maximum Gasteiger partial charge on any atom is 0.254 e. The molecule has 0 unspecified atom stereocenters. The molecule has 21 heavy (non-hydrogen) atoms. The average molecular weight is 292 g/mol. The monoisotopic (exact) mass is 292 g/mol. The topological polar surface area (TPSA) is 82.2 Å². The number of aryl methyl sites for hydroxylation is 2. The summed E-state index contributed by atoms with van der Waals surface area (Å²) in [6.45, 7) is 5.65. The van der Waals surface area contributed by atoms with E-state index in [1.807, 2.05) is 24.6 Å². The van der Waals surface area contributed by atoms with Crippen LogP contribution in [-0.4, -0.2) is 33.8 Å². The van der Waals surface area contributed by atoms with Crippen molar-refractivity contribution in [2.75, 3.05) is 13.2 Å². The molecule has 0 aliphatic carbocycles. The Kier molecular flexibility index (Phi) is 5.36. The summed E-state index contributed by atoms with van der Waals surface area (Å²) in [5.41, 5.74) is 0. The number of carbonyl (C=O) groups is 1. The Hall–Kier alpha value is -2.31. The van der Waals surface area contributed by atoms with E-state index >= 15 is 0 Å². The molecule has 2 heterocycles. The van der Waals surface area contributed by atoms with Crippen molar-refractivity contribution in [3.8, 4) is 5.88 Å². The van der Waals surface area contributed by atoms with Gasteiger partial charge in [0, 0.05) is 44.4 Å². The van der Waals surface area contributed by atoms with E-state index in [4.69, 9.17) is 9.26 Å². The van der Waals surface area contributed by atoms with Crippen LogP contribution in [0.2, 0.25) is 0 Å². The highest BCUT2D eigenvalue weighted by molar-refractivity contribution is 5.76. The zero-order valence-electron chi connectivity index (χ0n) is 12.3. The van der Waals surface area contributed by atoms with Gasteiger partial charge in [0.25, 0.3) is 5.88 Å². The standard InChI is InChI=1S/C14H20N4O3/c1-3-20-14-10-12(21-17-14)4-5-13(19)16-7-9-18-8-6-15-11(18)2/h6,8,10H,3-5,7,9H2,1-2H3,(H,16,19). The van der Waals surface area contributed by atoms with Crippen molar-refractivity contribution in [1.29, 1.82) is 0 Å². The molecule has 114 valence electrons. The van der Waals surface area contributed by atoms with E-state index in [0.29, 0.717) is 44.2 Å². The van der Waals surface area contributed by atoms with Crippen molar-refractivity contribution in [2.45, 2.75) is 33.2 Å². The third-order valence-electron chi connectivity index (χ3n) is 3.03. The molecule has 2 rings (SSSR count). The number of hydrogen-bond acceptors (Lipinski definition) is 5. The first kappa shape index (κ1) is 15.1. The fourth-order valence-electron chi connectivity index (χ4n) is 1.91. The maximum atomic E-state index is 11.7. The van der Waals surface area contributed by atoms with Gasteiger partial charge in [-0.2, -0.15) is 0 Å². The van der Waals surface area contributed by atoms with Gasteiger partial charge in [-0.25, -0.2) is 4.98 Å². The van der Waals surface area contributed by atoms with Gasteiger partial charge >= 0.3 is 0 Å². The number of nitrogens with zero attached hydrogens (tertiary/aromatic N) is 3. The Morgan fingerprint density at radius 1 is 1.52 bits per heavy atom. The highest BCUT2D eigenvalue weighted by Crippen LogP contribution is 2.12. The van der Waals surface area contributed by atoms with Crippen LogP contribution in [0.4, 0.5) is 0 Å². The van der Waals surface area contributed by atoms with Gasteiger partial charge in [-0.15, -0.1) is 0 Å². The third-order valence-corrected chi connectivity index (χ3v) is 3.03. The van der Waals surface area contributed by atoms with Gasteiger partial charge in [0.15, 0.2) is 0 Å². The Morgan fingerprint density at radius 2 is 2.38 bits per heavy atom. The lowest BCUT2D eigenvalue weighted by molar-refractivity contribution is -0.121. The van der Waals surface area contributed by atoms with E-state index in [1.54, 1.807) is 12.3 Å². The van der Waals surface area contributed by atoms with E-state index in [-0.39, 0.29) is 5.91 Å². The zero-order chi connectivity index (χ0) is 15.1. The van der Waals surface area contributed by atoms with Crippen LogP contribution in [0.1, 0.15) is 24.9 Å². The highest BCUT2D eigenvalue weighted by Gasteiger charge is 2.08. The minimum atomic E-state index is -0.0119. The third kappa shape index (κ3) is 4.62. The SMILES string of the molecule is CCOc1cc(CCC(=O)NCCn2ccnc2C)on1. The molecule has 2 aromatic rings. The molecule has 0 radical (unpaired) electrons. The van der Waals surface area contributed by atoms with E-state index < -0.39 is 0 Å². The summed E-state index contributed by atoms with van der Waals surface area (Å²) in [6, 6.07) is 1.71. The lowest BCUT2D eigenvalue weighted by atomic mass is 10.2. The van der Waals surface area contributed by atoms with Crippen LogP contribution in [0.5, 0.6) is 5.88 Å². The first-order valence-corrected chi connectivity index (χ1v) is 7.02. The Bertz CT molecular complexity index is 576. The predicted molar refractivity (Wildman–Crippen MR) is 76.0 cm³/mol. The van der Waals surface area contributed by atoms with Crippen LogP contribution in [0.15, 0.2) is 23.0 Å². The fraction of sp³-hybridized carbons (Fsp3) is 0.500. The summed E-state index contributed by atoms with van der Waals surface area (Å²) < 4.78 is 12.3. The molecule has 7 nitrogen and oxygen atoms in total. The normalized spacial score (nSPS) is 10.6. The van der Waals surface area contributed by atoms with Crippen LogP contribution in [0.25, 0.3) is 0 Å².